The highest BCUT2D eigenvalue weighted by Crippen LogP contribution is 2.34. The van der Waals surface area contributed by atoms with E-state index >= 15 is 0 Å². The van der Waals surface area contributed by atoms with Gasteiger partial charge in [-0.25, -0.2) is 14.4 Å². The molecule has 28 heavy (non-hydrogen) atoms. The molecule has 1 aromatic carbocycles. The molecule has 9 nitrogen and oxygen atoms in total. The van der Waals surface area contributed by atoms with E-state index in [0.717, 1.165) is 5.69 Å². The van der Waals surface area contributed by atoms with Gasteiger partial charge >= 0.3 is 18.0 Å². The molecule has 0 fully saturated rings. The van der Waals surface area contributed by atoms with Gasteiger partial charge in [-0.15, -0.1) is 0 Å². The Labute approximate surface area is 162 Å². The zero-order valence-electron chi connectivity index (χ0n) is 16.0. The Kier molecular flexibility index (Phi) is 5.72. The lowest BCUT2D eigenvalue weighted by molar-refractivity contribution is -0.148. The van der Waals surface area contributed by atoms with Crippen LogP contribution >= 0.6 is 0 Å². The fourth-order valence-electron chi connectivity index (χ4n) is 3.31. The van der Waals surface area contributed by atoms with Crippen LogP contribution in [0.3, 0.4) is 0 Å². The summed E-state index contributed by atoms with van der Waals surface area (Å²) in [6, 6.07) is 6.34. The summed E-state index contributed by atoms with van der Waals surface area (Å²) in [7, 11) is 1.30. The summed E-state index contributed by atoms with van der Waals surface area (Å²) in [5.41, 5.74) is 1.52. The molecule has 0 spiro atoms. The number of para-hydroxylation sites is 2. The van der Waals surface area contributed by atoms with Crippen LogP contribution in [-0.2, 0) is 19.1 Å². The van der Waals surface area contributed by atoms with Gasteiger partial charge in [0.1, 0.15) is 5.75 Å². The first-order valence-corrected chi connectivity index (χ1v) is 9.00. The van der Waals surface area contributed by atoms with E-state index in [-0.39, 0.29) is 19.7 Å². The fraction of sp³-hybridized carbons (Fsp3) is 0.421. The number of urea groups is 1. The molecule has 0 saturated heterocycles. The number of amides is 2. The molecule has 2 aliphatic rings. The maximum Gasteiger partial charge on any atom is 0.348 e. The molecule has 0 saturated carbocycles. The van der Waals surface area contributed by atoms with Crippen LogP contribution in [0.25, 0.3) is 0 Å². The van der Waals surface area contributed by atoms with Gasteiger partial charge in [0.15, 0.2) is 0 Å². The number of carbonyl (C=O) groups is 3. The number of nitrogens with zero attached hydrogens (tertiary/aromatic N) is 1. The molecule has 9 heteroatoms. The number of nitrogens with one attached hydrogen (secondary N) is 2. The van der Waals surface area contributed by atoms with Gasteiger partial charge in [-0.05, 0) is 26.0 Å². The molecule has 3 rings (SSSR count). The smallest absolute Gasteiger partial charge is 0.348 e. The van der Waals surface area contributed by atoms with Crippen molar-refractivity contribution in [2.75, 3.05) is 31.7 Å². The number of carbonyl (C=O) groups excluding carboxylic acids is 3. The number of hydrogen-bond acceptors (Lipinski definition) is 7. The molecular weight excluding hydrogens is 366 g/mol. The Bertz CT molecular complexity index is 822. The maximum absolute atomic E-state index is 12.4. The average Bonchev–Trinajstić information content (AvgIpc) is 2.66. The quantitative estimate of drug-likeness (QED) is 0.722. The lowest BCUT2D eigenvalue weighted by Crippen LogP contribution is -2.53. The summed E-state index contributed by atoms with van der Waals surface area (Å²) in [6.45, 7) is 4.06. The van der Waals surface area contributed by atoms with E-state index in [2.05, 4.69) is 10.6 Å². The van der Waals surface area contributed by atoms with E-state index < -0.39 is 30.1 Å². The van der Waals surface area contributed by atoms with Crippen molar-refractivity contribution in [3.05, 3.63) is 35.5 Å². The molecule has 2 amide bonds. The van der Waals surface area contributed by atoms with E-state index in [1.807, 2.05) is 17.0 Å². The van der Waals surface area contributed by atoms with Crippen LogP contribution in [0.15, 0.2) is 35.5 Å². The van der Waals surface area contributed by atoms with E-state index in [1.54, 1.807) is 26.0 Å². The second-order valence-corrected chi connectivity index (χ2v) is 6.41. The van der Waals surface area contributed by atoms with E-state index in [0.29, 0.717) is 17.0 Å². The number of esters is 2. The molecule has 0 unspecified atom stereocenters. The number of fused-ring (bicyclic) bond motifs is 1. The highest BCUT2D eigenvalue weighted by Gasteiger charge is 2.35. The van der Waals surface area contributed by atoms with Crippen molar-refractivity contribution < 1.29 is 28.6 Å². The van der Waals surface area contributed by atoms with E-state index in [4.69, 9.17) is 14.2 Å². The van der Waals surface area contributed by atoms with Crippen LogP contribution in [0.4, 0.5) is 10.5 Å². The van der Waals surface area contributed by atoms with Gasteiger partial charge in [0.25, 0.3) is 0 Å². The highest BCUT2D eigenvalue weighted by molar-refractivity contribution is 5.95. The molecule has 2 heterocycles. The molecule has 2 N–H and O–H groups in total. The van der Waals surface area contributed by atoms with Crippen molar-refractivity contribution >= 4 is 23.7 Å². The first kappa shape index (κ1) is 19.5. The molecule has 0 radical (unpaired) electrons. The van der Waals surface area contributed by atoms with Gasteiger partial charge in [0, 0.05) is 0 Å². The van der Waals surface area contributed by atoms with E-state index in [1.165, 1.54) is 7.11 Å². The minimum atomic E-state index is -0.818. The van der Waals surface area contributed by atoms with Crippen molar-refractivity contribution in [3.63, 3.8) is 0 Å². The summed E-state index contributed by atoms with van der Waals surface area (Å²) in [6.07, 6.45) is -0.818. The number of ether oxygens (including phenoxy) is 3. The summed E-state index contributed by atoms with van der Waals surface area (Å²) in [4.78, 5) is 38.3. The third-order valence-electron chi connectivity index (χ3n) is 4.54. The SMILES string of the molecule is CCOC(=O)C1=C(CN2C[C@H](C(=O)OC)Oc3ccccc32)NC(=O)N[C@@H]1C. The van der Waals surface area contributed by atoms with Crippen molar-refractivity contribution in [2.45, 2.75) is 26.0 Å². The topological polar surface area (TPSA) is 106 Å². The summed E-state index contributed by atoms with van der Waals surface area (Å²) >= 11 is 0. The van der Waals surface area contributed by atoms with Gasteiger partial charge in [0.05, 0.1) is 49.8 Å². The normalized spacial score (nSPS) is 21.1. The first-order valence-electron chi connectivity index (χ1n) is 9.00. The second-order valence-electron chi connectivity index (χ2n) is 6.41. The Morgan fingerprint density at radius 2 is 2.07 bits per heavy atom. The Hall–Kier alpha value is -3.23. The van der Waals surface area contributed by atoms with Gasteiger partial charge < -0.3 is 29.7 Å². The minimum absolute atomic E-state index is 0.194. The number of benzene rings is 1. The molecule has 0 bridgehead atoms. The third kappa shape index (κ3) is 3.88. The predicted molar refractivity (Wildman–Crippen MR) is 99.9 cm³/mol. The van der Waals surface area contributed by atoms with E-state index in [9.17, 15) is 14.4 Å². The van der Waals surface area contributed by atoms with Crippen LogP contribution in [0.1, 0.15) is 13.8 Å². The van der Waals surface area contributed by atoms with Crippen LogP contribution in [0, 0.1) is 0 Å². The fourth-order valence-corrected chi connectivity index (χ4v) is 3.31. The van der Waals surface area contributed by atoms with Gasteiger partial charge in [-0.3, -0.25) is 0 Å². The number of methoxy groups -OCH3 is 1. The zero-order chi connectivity index (χ0) is 20.3. The highest BCUT2D eigenvalue weighted by atomic mass is 16.6. The van der Waals surface area contributed by atoms with Crippen molar-refractivity contribution in [1.29, 1.82) is 0 Å². The Balaban J connectivity index is 1.96. The molecule has 1 aromatic rings. The van der Waals surface area contributed by atoms with Crippen LogP contribution in [0.5, 0.6) is 5.75 Å². The molecule has 0 aromatic heterocycles. The van der Waals surface area contributed by atoms with Crippen LogP contribution < -0.4 is 20.3 Å². The van der Waals surface area contributed by atoms with Crippen molar-refractivity contribution in [1.82, 2.24) is 10.6 Å². The lowest BCUT2D eigenvalue weighted by atomic mass is 10.0. The molecule has 2 atom stereocenters. The summed E-state index contributed by atoms with van der Waals surface area (Å²) < 4.78 is 15.7. The summed E-state index contributed by atoms with van der Waals surface area (Å²) in [5, 5.41) is 5.37. The number of hydrogen-bond donors (Lipinski definition) is 2. The van der Waals surface area contributed by atoms with Gasteiger partial charge in [0.2, 0.25) is 6.10 Å². The lowest BCUT2D eigenvalue weighted by Gasteiger charge is -2.37. The third-order valence-corrected chi connectivity index (χ3v) is 4.54. The molecule has 0 aliphatic carbocycles. The van der Waals surface area contributed by atoms with Crippen molar-refractivity contribution in [3.8, 4) is 5.75 Å². The van der Waals surface area contributed by atoms with Crippen LogP contribution in [-0.4, -0.2) is 56.9 Å². The predicted octanol–water partition coefficient (Wildman–Crippen LogP) is 0.945. The van der Waals surface area contributed by atoms with Gasteiger partial charge in [-0.2, -0.15) is 0 Å². The standard InChI is InChI=1S/C19H23N3O6/c1-4-27-18(24)16-11(2)20-19(25)21-12(16)9-22-10-15(17(23)26-3)28-14-8-6-5-7-13(14)22/h5-8,11,15H,4,9-10H2,1-3H3,(H2,20,21,25)/t11-,15-/m1/s1. The van der Waals surface area contributed by atoms with Crippen molar-refractivity contribution in [2.24, 2.45) is 0 Å². The molecular formula is C19H23N3O6. The number of anilines is 1. The maximum atomic E-state index is 12.4. The van der Waals surface area contributed by atoms with Gasteiger partial charge in [-0.1, -0.05) is 12.1 Å². The number of rotatable bonds is 5. The second kappa shape index (κ2) is 8.20. The Morgan fingerprint density at radius 1 is 1.32 bits per heavy atom. The van der Waals surface area contributed by atoms with Crippen LogP contribution in [0.2, 0.25) is 0 Å². The molecule has 2 aliphatic heterocycles. The monoisotopic (exact) mass is 389 g/mol. The largest absolute Gasteiger partial charge is 0.475 e. The Morgan fingerprint density at radius 3 is 2.79 bits per heavy atom. The molecule has 150 valence electrons. The minimum Gasteiger partial charge on any atom is -0.475 e. The first-order chi connectivity index (χ1) is 13.4. The average molecular weight is 389 g/mol. The summed E-state index contributed by atoms with van der Waals surface area (Å²) in [5.74, 6) is -0.471. The zero-order valence-corrected chi connectivity index (χ0v) is 16.0.